The Bertz CT molecular complexity index is 379. The smallest absolute Gasteiger partial charge is 0.218 e. The first-order valence-corrected chi connectivity index (χ1v) is 6.66. The minimum absolute atomic E-state index is 0.124. The molecule has 0 aromatic carbocycles. The van der Waals surface area contributed by atoms with Crippen LogP contribution in [0.1, 0.15) is 33.1 Å². The lowest BCUT2D eigenvalue weighted by atomic mass is 9.91. The molecule has 0 aliphatic heterocycles. The molecule has 1 saturated carbocycles. The fourth-order valence-corrected chi connectivity index (χ4v) is 2.11. The molecular weight excluding hydrogens is 228 g/mol. The van der Waals surface area contributed by atoms with E-state index in [0.717, 1.165) is 12.4 Å². The van der Waals surface area contributed by atoms with Crippen molar-refractivity contribution in [2.24, 2.45) is 5.73 Å². The molecule has 1 heterocycles. The van der Waals surface area contributed by atoms with E-state index in [2.05, 4.69) is 14.9 Å². The van der Waals surface area contributed by atoms with Crippen molar-refractivity contribution in [1.29, 1.82) is 0 Å². The lowest BCUT2D eigenvalue weighted by molar-refractivity contribution is 0.232. The van der Waals surface area contributed by atoms with Crippen molar-refractivity contribution in [3.8, 4) is 5.88 Å². The molecule has 18 heavy (non-hydrogen) atoms. The average molecular weight is 250 g/mol. The van der Waals surface area contributed by atoms with Crippen LogP contribution < -0.4 is 15.4 Å². The lowest BCUT2D eigenvalue weighted by Crippen LogP contribution is -2.43. The number of nitrogens with two attached hydrogens (primary N) is 1. The van der Waals surface area contributed by atoms with Crippen LogP contribution in [0, 0.1) is 0 Å². The summed E-state index contributed by atoms with van der Waals surface area (Å²) in [5.74, 6) is 1.56. The van der Waals surface area contributed by atoms with Gasteiger partial charge < -0.3 is 15.4 Å². The van der Waals surface area contributed by atoms with E-state index in [9.17, 15) is 0 Å². The predicted octanol–water partition coefficient (Wildman–Crippen LogP) is 1.58. The number of hydrogen-bond acceptors (Lipinski definition) is 5. The van der Waals surface area contributed by atoms with Crippen LogP contribution in [0.15, 0.2) is 12.4 Å². The summed E-state index contributed by atoms with van der Waals surface area (Å²) in [6, 6.07) is 2.49. The first-order valence-electron chi connectivity index (χ1n) is 6.66. The van der Waals surface area contributed by atoms with Gasteiger partial charge in [-0.1, -0.05) is 0 Å². The fourth-order valence-electron chi connectivity index (χ4n) is 2.11. The Morgan fingerprint density at radius 3 is 2.78 bits per heavy atom. The maximum Gasteiger partial charge on any atom is 0.218 e. The van der Waals surface area contributed by atoms with Crippen molar-refractivity contribution >= 4 is 5.82 Å². The summed E-state index contributed by atoms with van der Waals surface area (Å²) in [6.45, 7) is 5.46. The molecule has 2 rings (SSSR count). The van der Waals surface area contributed by atoms with Gasteiger partial charge in [0.15, 0.2) is 0 Å². The van der Waals surface area contributed by atoms with Gasteiger partial charge in [0, 0.05) is 25.2 Å². The molecule has 5 nitrogen and oxygen atoms in total. The van der Waals surface area contributed by atoms with Gasteiger partial charge in [0.25, 0.3) is 0 Å². The molecule has 5 heteroatoms. The second kappa shape index (κ2) is 6.00. The van der Waals surface area contributed by atoms with Crippen LogP contribution in [0.2, 0.25) is 0 Å². The zero-order valence-electron chi connectivity index (χ0n) is 11.2. The highest BCUT2D eigenvalue weighted by Crippen LogP contribution is 2.29. The molecule has 1 aromatic rings. The SMILES string of the molecule is CC(C)Oc1cc(N(CCN)C2CCC2)ncn1. The minimum Gasteiger partial charge on any atom is -0.475 e. The monoisotopic (exact) mass is 250 g/mol. The van der Waals surface area contributed by atoms with Gasteiger partial charge in [-0.05, 0) is 33.1 Å². The first-order chi connectivity index (χ1) is 8.70. The third kappa shape index (κ3) is 3.10. The van der Waals surface area contributed by atoms with Crippen molar-refractivity contribution in [2.45, 2.75) is 45.3 Å². The van der Waals surface area contributed by atoms with Crippen molar-refractivity contribution in [3.63, 3.8) is 0 Å². The zero-order chi connectivity index (χ0) is 13.0. The Morgan fingerprint density at radius 1 is 1.44 bits per heavy atom. The van der Waals surface area contributed by atoms with Crippen LogP contribution in [0.3, 0.4) is 0 Å². The standard InChI is InChI=1S/C13H22N4O/c1-10(2)18-13-8-12(15-9-16-13)17(7-6-14)11-4-3-5-11/h8-11H,3-7,14H2,1-2H3. The summed E-state index contributed by atoms with van der Waals surface area (Å²) in [5, 5.41) is 0. The van der Waals surface area contributed by atoms with Crippen LogP contribution in [-0.2, 0) is 0 Å². The normalized spacial score (nSPS) is 15.6. The highest BCUT2D eigenvalue weighted by atomic mass is 16.5. The Kier molecular flexibility index (Phi) is 4.36. The predicted molar refractivity (Wildman–Crippen MR) is 71.8 cm³/mol. The van der Waals surface area contributed by atoms with Gasteiger partial charge in [0.1, 0.15) is 12.1 Å². The van der Waals surface area contributed by atoms with E-state index in [-0.39, 0.29) is 6.10 Å². The fraction of sp³-hybridized carbons (Fsp3) is 0.692. The van der Waals surface area contributed by atoms with E-state index >= 15 is 0 Å². The first kappa shape index (κ1) is 13.1. The van der Waals surface area contributed by atoms with Crippen LogP contribution in [-0.4, -0.2) is 35.2 Å². The molecule has 2 N–H and O–H groups in total. The number of hydrogen-bond donors (Lipinski definition) is 1. The summed E-state index contributed by atoms with van der Waals surface area (Å²) in [5.41, 5.74) is 5.69. The summed E-state index contributed by atoms with van der Waals surface area (Å²) < 4.78 is 5.61. The van der Waals surface area contributed by atoms with Crippen molar-refractivity contribution < 1.29 is 4.74 Å². The van der Waals surface area contributed by atoms with Crippen molar-refractivity contribution in [1.82, 2.24) is 9.97 Å². The Morgan fingerprint density at radius 2 is 2.22 bits per heavy atom. The molecule has 0 amide bonds. The largest absolute Gasteiger partial charge is 0.475 e. The van der Waals surface area contributed by atoms with Gasteiger partial charge in [-0.3, -0.25) is 0 Å². The third-order valence-corrected chi connectivity index (χ3v) is 3.16. The van der Waals surface area contributed by atoms with E-state index in [1.54, 1.807) is 6.33 Å². The number of ether oxygens (including phenoxy) is 1. The molecule has 1 aliphatic rings. The van der Waals surface area contributed by atoms with Gasteiger partial charge in [-0.15, -0.1) is 0 Å². The van der Waals surface area contributed by atoms with E-state index in [1.165, 1.54) is 19.3 Å². The minimum atomic E-state index is 0.124. The number of nitrogens with zero attached hydrogens (tertiary/aromatic N) is 3. The average Bonchev–Trinajstić information content (AvgIpc) is 2.25. The van der Waals surface area contributed by atoms with Gasteiger partial charge in [-0.2, -0.15) is 0 Å². The lowest BCUT2D eigenvalue weighted by Gasteiger charge is -2.38. The van der Waals surface area contributed by atoms with Gasteiger partial charge in [-0.25, -0.2) is 9.97 Å². The van der Waals surface area contributed by atoms with E-state index in [0.29, 0.717) is 18.5 Å². The van der Waals surface area contributed by atoms with Crippen LogP contribution in [0.5, 0.6) is 5.88 Å². The Labute approximate surface area is 108 Å². The molecule has 100 valence electrons. The number of anilines is 1. The maximum absolute atomic E-state index is 5.69. The topological polar surface area (TPSA) is 64.3 Å². The Balaban J connectivity index is 2.13. The van der Waals surface area contributed by atoms with Crippen LogP contribution in [0.4, 0.5) is 5.82 Å². The molecule has 0 saturated heterocycles. The van der Waals surface area contributed by atoms with E-state index in [1.807, 2.05) is 19.9 Å². The molecule has 1 aromatic heterocycles. The van der Waals surface area contributed by atoms with E-state index < -0.39 is 0 Å². The molecule has 1 aliphatic carbocycles. The highest BCUT2D eigenvalue weighted by molar-refractivity contribution is 5.42. The summed E-state index contributed by atoms with van der Waals surface area (Å²) in [7, 11) is 0. The zero-order valence-corrected chi connectivity index (χ0v) is 11.2. The highest BCUT2D eigenvalue weighted by Gasteiger charge is 2.25. The number of rotatable bonds is 6. The molecule has 0 unspecified atom stereocenters. The second-order valence-corrected chi connectivity index (χ2v) is 4.95. The molecule has 0 radical (unpaired) electrons. The molecule has 0 bridgehead atoms. The van der Waals surface area contributed by atoms with Gasteiger partial charge in [0.2, 0.25) is 5.88 Å². The van der Waals surface area contributed by atoms with E-state index in [4.69, 9.17) is 10.5 Å². The van der Waals surface area contributed by atoms with Crippen LogP contribution in [0.25, 0.3) is 0 Å². The molecule has 0 spiro atoms. The molecule has 1 fully saturated rings. The summed E-state index contributed by atoms with van der Waals surface area (Å²) >= 11 is 0. The van der Waals surface area contributed by atoms with Crippen molar-refractivity contribution in [3.05, 3.63) is 12.4 Å². The summed E-state index contributed by atoms with van der Waals surface area (Å²) in [4.78, 5) is 10.8. The quantitative estimate of drug-likeness (QED) is 0.830. The molecule has 0 atom stereocenters. The maximum atomic E-state index is 5.69. The van der Waals surface area contributed by atoms with Crippen molar-refractivity contribution in [2.75, 3.05) is 18.0 Å². The van der Waals surface area contributed by atoms with Gasteiger partial charge >= 0.3 is 0 Å². The van der Waals surface area contributed by atoms with Gasteiger partial charge in [0.05, 0.1) is 6.10 Å². The van der Waals surface area contributed by atoms with Crippen LogP contribution >= 0.6 is 0 Å². The summed E-state index contributed by atoms with van der Waals surface area (Å²) in [6.07, 6.45) is 5.44. The molecular formula is C13H22N4O. The second-order valence-electron chi connectivity index (χ2n) is 4.95. The number of aromatic nitrogens is 2. The Hall–Kier alpha value is -1.36. The third-order valence-electron chi connectivity index (χ3n) is 3.16.